The number of anilines is 1. The summed E-state index contributed by atoms with van der Waals surface area (Å²) < 4.78 is 0. The van der Waals surface area contributed by atoms with Crippen molar-refractivity contribution in [3.05, 3.63) is 114 Å². The summed E-state index contributed by atoms with van der Waals surface area (Å²) in [6.07, 6.45) is 6.65. The topological polar surface area (TPSA) is 52.6 Å². The summed E-state index contributed by atoms with van der Waals surface area (Å²) in [6, 6.07) is 30.9. The molecule has 0 saturated carbocycles. The molecule has 4 aromatic rings. The molecule has 2 aliphatic heterocycles. The highest BCUT2D eigenvalue weighted by atomic mass is 32.2. The van der Waals surface area contributed by atoms with Gasteiger partial charge in [0.25, 0.3) is 5.91 Å². The van der Waals surface area contributed by atoms with Crippen LogP contribution in [-0.4, -0.2) is 71.5 Å². The molecule has 7 heteroatoms. The van der Waals surface area contributed by atoms with Gasteiger partial charge in [-0.05, 0) is 36.1 Å². The lowest BCUT2D eigenvalue weighted by Crippen LogP contribution is -2.46. The number of nitrogens with zero attached hydrogens (tertiary/aromatic N) is 5. The molecule has 0 spiro atoms. The molecule has 0 radical (unpaired) electrons. The van der Waals surface area contributed by atoms with Gasteiger partial charge in [-0.1, -0.05) is 96.7 Å². The smallest absolute Gasteiger partial charge is 0.253 e. The quantitative estimate of drug-likeness (QED) is 0.168. The number of carbonyl (C=O) groups is 1. The van der Waals surface area contributed by atoms with Crippen LogP contribution in [0.3, 0.4) is 0 Å². The van der Waals surface area contributed by atoms with Crippen LogP contribution in [0.2, 0.25) is 0 Å². The zero-order valence-corrected chi connectivity index (χ0v) is 24.8. The fourth-order valence-corrected chi connectivity index (χ4v) is 6.30. The molecular weight excluding hydrogens is 538 g/mol. The monoisotopic (exact) mass is 575 g/mol. The summed E-state index contributed by atoms with van der Waals surface area (Å²) >= 11 is 1.63. The van der Waals surface area contributed by atoms with Crippen LogP contribution in [0.15, 0.2) is 102 Å². The van der Waals surface area contributed by atoms with Crippen LogP contribution in [0.25, 0.3) is 17.3 Å². The molecule has 6 nitrogen and oxygen atoms in total. The van der Waals surface area contributed by atoms with Crippen molar-refractivity contribution in [2.45, 2.75) is 23.8 Å². The van der Waals surface area contributed by atoms with Gasteiger partial charge in [0, 0.05) is 68.8 Å². The van der Waals surface area contributed by atoms with Crippen molar-refractivity contribution in [1.29, 1.82) is 0 Å². The minimum absolute atomic E-state index is 0.138. The molecule has 6 rings (SSSR count). The first-order valence-electron chi connectivity index (χ1n) is 14.9. The Morgan fingerprint density at radius 2 is 1.52 bits per heavy atom. The predicted octanol–water partition coefficient (Wildman–Crippen LogP) is 6.51. The zero-order chi connectivity index (χ0) is 28.6. The van der Waals surface area contributed by atoms with Gasteiger partial charge in [0.1, 0.15) is 5.82 Å². The Balaban J connectivity index is 1.14. The molecule has 0 bridgehead atoms. The highest BCUT2D eigenvalue weighted by Gasteiger charge is 2.21. The number of likely N-dealkylation sites (tertiary alicyclic amines) is 1. The van der Waals surface area contributed by atoms with Crippen molar-refractivity contribution in [2.75, 3.05) is 50.7 Å². The third-order valence-electron chi connectivity index (χ3n) is 7.87. The Labute approximate surface area is 253 Å². The lowest BCUT2D eigenvalue weighted by atomic mass is 10.1. The number of piperazine rings is 1. The first-order valence-corrected chi connectivity index (χ1v) is 15.8. The molecular formula is C35H37N5OS. The van der Waals surface area contributed by atoms with Crippen LogP contribution >= 0.6 is 11.8 Å². The van der Waals surface area contributed by atoms with Crippen LogP contribution in [0, 0.1) is 0 Å². The van der Waals surface area contributed by atoms with E-state index in [2.05, 4.69) is 82.6 Å². The van der Waals surface area contributed by atoms with Gasteiger partial charge in [-0.15, -0.1) is 0 Å². The molecule has 0 unspecified atom stereocenters. The summed E-state index contributed by atoms with van der Waals surface area (Å²) in [4.78, 5) is 29.7. The van der Waals surface area contributed by atoms with E-state index >= 15 is 0 Å². The number of amides is 1. The van der Waals surface area contributed by atoms with Crippen LogP contribution in [0.5, 0.6) is 0 Å². The minimum atomic E-state index is 0.138. The average Bonchev–Trinajstić information content (AvgIpc) is 3.60. The van der Waals surface area contributed by atoms with Crippen LogP contribution in [-0.2, 0) is 5.75 Å². The van der Waals surface area contributed by atoms with Crippen molar-refractivity contribution in [3.63, 3.8) is 0 Å². The molecule has 3 heterocycles. The first kappa shape index (κ1) is 28.2. The summed E-state index contributed by atoms with van der Waals surface area (Å²) in [7, 11) is 0. The largest absolute Gasteiger partial charge is 0.354 e. The van der Waals surface area contributed by atoms with E-state index in [9.17, 15) is 4.79 Å². The third kappa shape index (κ3) is 7.27. The number of thioether (sulfide) groups is 1. The lowest BCUT2D eigenvalue weighted by molar-refractivity contribution is 0.0792. The fourth-order valence-electron chi connectivity index (χ4n) is 5.50. The Bertz CT molecular complexity index is 1500. The van der Waals surface area contributed by atoms with Gasteiger partial charge in [0.05, 0.1) is 5.69 Å². The van der Waals surface area contributed by atoms with Crippen molar-refractivity contribution in [3.8, 4) is 11.3 Å². The second-order valence-electron chi connectivity index (χ2n) is 10.8. The van der Waals surface area contributed by atoms with Crippen LogP contribution in [0.1, 0.15) is 34.3 Å². The Hall–Kier alpha value is -3.94. The molecule has 1 aromatic heterocycles. The van der Waals surface area contributed by atoms with E-state index in [1.165, 1.54) is 5.56 Å². The van der Waals surface area contributed by atoms with Gasteiger partial charge < -0.3 is 9.80 Å². The summed E-state index contributed by atoms with van der Waals surface area (Å²) in [5.41, 5.74) is 5.14. The number of carbonyl (C=O) groups excluding carboxylic acids is 1. The molecule has 2 saturated heterocycles. The SMILES string of the molecule is O=C(c1cccc(CSc2nc(-c3ccccc3)cc(N3CCN(C/C=C/c4ccccc4)CC3)n2)c1)N1CCCC1. The van der Waals surface area contributed by atoms with Crippen molar-refractivity contribution in [2.24, 2.45) is 0 Å². The van der Waals surface area contributed by atoms with E-state index in [0.29, 0.717) is 5.75 Å². The second kappa shape index (κ2) is 13.8. The van der Waals surface area contributed by atoms with Gasteiger partial charge in [-0.3, -0.25) is 9.69 Å². The number of hydrogen-bond donors (Lipinski definition) is 0. The fraction of sp³-hybridized carbons (Fsp3) is 0.286. The maximum Gasteiger partial charge on any atom is 0.253 e. The molecule has 0 atom stereocenters. The number of benzene rings is 3. The van der Waals surface area contributed by atoms with E-state index in [1.54, 1.807) is 11.8 Å². The molecule has 2 aliphatic rings. The summed E-state index contributed by atoms with van der Waals surface area (Å²) in [6.45, 7) is 6.50. The zero-order valence-electron chi connectivity index (χ0n) is 23.9. The van der Waals surface area contributed by atoms with E-state index in [0.717, 1.165) is 92.0 Å². The number of rotatable bonds is 9. The van der Waals surface area contributed by atoms with Gasteiger partial charge in [-0.2, -0.15) is 0 Å². The average molecular weight is 576 g/mol. The van der Waals surface area contributed by atoms with Crippen LogP contribution in [0.4, 0.5) is 5.82 Å². The van der Waals surface area contributed by atoms with Gasteiger partial charge in [-0.25, -0.2) is 9.97 Å². The highest BCUT2D eigenvalue weighted by molar-refractivity contribution is 7.98. The Morgan fingerprint density at radius 1 is 0.786 bits per heavy atom. The first-order chi connectivity index (χ1) is 20.7. The van der Waals surface area contributed by atoms with Gasteiger partial charge in [0.2, 0.25) is 0 Å². The minimum Gasteiger partial charge on any atom is -0.354 e. The molecule has 0 N–H and O–H groups in total. The second-order valence-corrected chi connectivity index (χ2v) is 11.8. The molecule has 42 heavy (non-hydrogen) atoms. The summed E-state index contributed by atoms with van der Waals surface area (Å²) in [5.74, 6) is 1.82. The number of hydrogen-bond acceptors (Lipinski definition) is 6. The van der Waals surface area contributed by atoms with E-state index < -0.39 is 0 Å². The lowest BCUT2D eigenvalue weighted by Gasteiger charge is -2.35. The normalized spacial score (nSPS) is 15.9. The van der Waals surface area contributed by atoms with Crippen LogP contribution < -0.4 is 4.90 Å². The summed E-state index contributed by atoms with van der Waals surface area (Å²) in [5, 5.41) is 0.760. The third-order valence-corrected chi connectivity index (χ3v) is 8.79. The van der Waals surface area contributed by atoms with E-state index in [4.69, 9.17) is 9.97 Å². The molecule has 3 aromatic carbocycles. The number of aromatic nitrogens is 2. The van der Waals surface area contributed by atoms with Gasteiger partial charge >= 0.3 is 0 Å². The maximum absolute atomic E-state index is 12.9. The maximum atomic E-state index is 12.9. The van der Waals surface area contributed by atoms with Gasteiger partial charge in [0.15, 0.2) is 5.16 Å². The highest BCUT2D eigenvalue weighted by Crippen LogP contribution is 2.28. The standard InChI is InChI=1S/C35H37N5OS/c41-34(40-19-7-8-20-40)31-17-9-13-29(25-31)27-42-35-36-32(30-15-5-2-6-16-30)26-33(37-35)39-23-21-38(22-24-39)18-10-14-28-11-3-1-4-12-28/h1-6,9-17,25-26H,7-8,18-24,27H2/b14-10+. The Kier molecular flexibility index (Phi) is 9.27. The molecule has 214 valence electrons. The van der Waals surface area contributed by atoms with Crippen molar-refractivity contribution < 1.29 is 4.79 Å². The Morgan fingerprint density at radius 3 is 2.29 bits per heavy atom. The molecule has 2 fully saturated rings. The predicted molar refractivity (Wildman–Crippen MR) is 173 cm³/mol. The van der Waals surface area contributed by atoms with E-state index in [-0.39, 0.29) is 5.91 Å². The molecule has 1 amide bonds. The van der Waals surface area contributed by atoms with E-state index in [1.807, 2.05) is 35.2 Å². The van der Waals surface area contributed by atoms with Crippen molar-refractivity contribution in [1.82, 2.24) is 19.8 Å². The molecule has 0 aliphatic carbocycles. The van der Waals surface area contributed by atoms with Crippen molar-refractivity contribution >= 4 is 29.6 Å².